The van der Waals surface area contributed by atoms with Gasteiger partial charge in [0.15, 0.2) is 0 Å². The van der Waals surface area contributed by atoms with E-state index >= 15 is 0 Å². The molecule has 0 aliphatic rings. The van der Waals surface area contributed by atoms with Gasteiger partial charge < -0.3 is 16.2 Å². The molecule has 0 fully saturated rings. The molecule has 4 nitrogen and oxygen atoms in total. The van der Waals surface area contributed by atoms with Crippen molar-refractivity contribution in [3.63, 3.8) is 0 Å². The number of benzene rings is 1. The van der Waals surface area contributed by atoms with E-state index in [2.05, 4.69) is 5.32 Å². The van der Waals surface area contributed by atoms with E-state index in [1.807, 2.05) is 27.7 Å². The second-order valence-electron chi connectivity index (χ2n) is 3.64. The third kappa shape index (κ3) is 7.68. The summed E-state index contributed by atoms with van der Waals surface area (Å²) in [5.74, 6) is -0.455. The number of aliphatic hydroxyl groups is 1. The van der Waals surface area contributed by atoms with Crippen molar-refractivity contribution in [2.75, 3.05) is 11.1 Å². The minimum atomic E-state index is -1.38. The Morgan fingerprint density at radius 3 is 2.11 bits per heavy atom. The predicted octanol–water partition coefficient (Wildman–Crippen LogP) is 3.03. The summed E-state index contributed by atoms with van der Waals surface area (Å²) in [7, 11) is 0. The summed E-state index contributed by atoms with van der Waals surface area (Å²) in [5.41, 5.74) is 5.29. The van der Waals surface area contributed by atoms with E-state index in [-0.39, 0.29) is 0 Å². The van der Waals surface area contributed by atoms with E-state index in [1.165, 1.54) is 13.8 Å². The van der Waals surface area contributed by atoms with Crippen LogP contribution in [0.3, 0.4) is 0 Å². The van der Waals surface area contributed by atoms with Crippen LogP contribution in [0.15, 0.2) is 24.3 Å². The van der Waals surface area contributed by atoms with E-state index in [4.69, 9.17) is 5.73 Å². The van der Waals surface area contributed by atoms with Crippen molar-refractivity contribution in [2.45, 2.75) is 47.1 Å². The van der Waals surface area contributed by atoms with Gasteiger partial charge in [-0.2, -0.15) is 0 Å². The molecule has 1 aromatic carbocycles. The van der Waals surface area contributed by atoms with Crippen molar-refractivity contribution >= 4 is 17.3 Å². The molecule has 0 saturated carbocycles. The number of carbonyl (C=O) groups excluding carboxylic acids is 1. The number of rotatable bonds is 2. The van der Waals surface area contributed by atoms with Crippen LogP contribution in [-0.2, 0) is 4.79 Å². The lowest BCUT2D eigenvalue weighted by atomic mass is 10.1. The van der Waals surface area contributed by atoms with Gasteiger partial charge in [0.25, 0.3) is 5.91 Å². The normalized spacial score (nSPS) is 9.28. The van der Waals surface area contributed by atoms with Crippen molar-refractivity contribution in [3.8, 4) is 0 Å². The standard InChI is InChI=1S/C10H14N2O2.2C2H6/c1-10(2,14)9(13)12-8-5-3-4-7(11)6-8;2*1-2/h3-6,14H,11H2,1-2H3,(H,12,13);2*1-2H3. The zero-order valence-electron chi connectivity index (χ0n) is 12.2. The molecule has 104 valence electrons. The highest BCUT2D eigenvalue weighted by atomic mass is 16.3. The summed E-state index contributed by atoms with van der Waals surface area (Å²) in [5, 5.41) is 11.9. The van der Waals surface area contributed by atoms with Gasteiger partial charge in [0, 0.05) is 11.4 Å². The molecule has 1 amide bonds. The minimum absolute atomic E-state index is 0.455. The highest BCUT2D eigenvalue weighted by Crippen LogP contribution is 2.13. The first kappa shape index (κ1) is 18.8. The van der Waals surface area contributed by atoms with E-state index < -0.39 is 11.5 Å². The van der Waals surface area contributed by atoms with E-state index in [0.29, 0.717) is 11.4 Å². The third-order valence-electron chi connectivity index (χ3n) is 1.70. The van der Waals surface area contributed by atoms with E-state index in [9.17, 15) is 9.90 Å². The van der Waals surface area contributed by atoms with Crippen LogP contribution < -0.4 is 11.1 Å². The highest BCUT2D eigenvalue weighted by molar-refractivity contribution is 5.96. The number of carbonyl (C=O) groups is 1. The Hall–Kier alpha value is -1.55. The van der Waals surface area contributed by atoms with Gasteiger partial charge in [0.2, 0.25) is 0 Å². The van der Waals surface area contributed by atoms with E-state index in [0.717, 1.165) is 0 Å². The molecule has 0 saturated heterocycles. The van der Waals surface area contributed by atoms with Gasteiger partial charge >= 0.3 is 0 Å². The Bertz CT molecular complexity index is 344. The fourth-order valence-electron chi connectivity index (χ4n) is 0.900. The number of anilines is 2. The topological polar surface area (TPSA) is 75.3 Å². The number of hydrogen-bond acceptors (Lipinski definition) is 3. The Kier molecular flexibility index (Phi) is 9.90. The van der Waals surface area contributed by atoms with Gasteiger partial charge in [-0.1, -0.05) is 33.8 Å². The molecule has 1 rings (SSSR count). The van der Waals surface area contributed by atoms with Crippen LogP contribution in [0, 0.1) is 0 Å². The van der Waals surface area contributed by atoms with Crippen molar-refractivity contribution in [1.29, 1.82) is 0 Å². The number of hydrogen-bond donors (Lipinski definition) is 3. The molecule has 1 aromatic rings. The number of amides is 1. The molecule has 0 bridgehead atoms. The zero-order valence-corrected chi connectivity index (χ0v) is 12.2. The Labute approximate surface area is 110 Å². The van der Waals surface area contributed by atoms with Crippen molar-refractivity contribution < 1.29 is 9.90 Å². The lowest BCUT2D eigenvalue weighted by Crippen LogP contribution is -2.36. The van der Waals surface area contributed by atoms with Gasteiger partial charge in [-0.3, -0.25) is 4.79 Å². The summed E-state index contributed by atoms with van der Waals surface area (Å²) in [6.45, 7) is 10.9. The SMILES string of the molecule is CC.CC.CC(C)(O)C(=O)Nc1cccc(N)c1. The smallest absolute Gasteiger partial charge is 0.255 e. The number of nitrogens with one attached hydrogen (secondary N) is 1. The molecule has 0 aliphatic carbocycles. The maximum absolute atomic E-state index is 11.3. The van der Waals surface area contributed by atoms with Crippen LogP contribution in [0.1, 0.15) is 41.5 Å². The van der Waals surface area contributed by atoms with Gasteiger partial charge in [-0.15, -0.1) is 0 Å². The summed E-state index contributed by atoms with van der Waals surface area (Å²) < 4.78 is 0. The third-order valence-corrected chi connectivity index (χ3v) is 1.70. The maximum atomic E-state index is 11.3. The van der Waals surface area contributed by atoms with Crippen LogP contribution in [0.2, 0.25) is 0 Å². The minimum Gasteiger partial charge on any atom is -0.399 e. The van der Waals surface area contributed by atoms with Crippen LogP contribution in [0.5, 0.6) is 0 Å². The second kappa shape index (κ2) is 9.48. The summed E-state index contributed by atoms with van der Waals surface area (Å²) in [4.78, 5) is 11.3. The molecule has 0 atom stereocenters. The molecule has 18 heavy (non-hydrogen) atoms. The number of nitrogen functional groups attached to an aromatic ring is 1. The molecule has 4 heteroatoms. The Balaban J connectivity index is 0. The molecule has 0 unspecified atom stereocenters. The van der Waals surface area contributed by atoms with Gasteiger partial charge in [-0.05, 0) is 32.0 Å². The van der Waals surface area contributed by atoms with Crippen molar-refractivity contribution in [3.05, 3.63) is 24.3 Å². The molecule has 0 spiro atoms. The zero-order chi connectivity index (χ0) is 14.8. The summed E-state index contributed by atoms with van der Waals surface area (Å²) in [6.07, 6.45) is 0. The average Bonchev–Trinajstić information content (AvgIpc) is 2.33. The van der Waals surface area contributed by atoms with E-state index in [1.54, 1.807) is 24.3 Å². The first-order valence-electron chi connectivity index (χ1n) is 6.29. The Morgan fingerprint density at radius 2 is 1.72 bits per heavy atom. The fraction of sp³-hybridized carbons (Fsp3) is 0.500. The lowest BCUT2D eigenvalue weighted by Gasteiger charge is -2.16. The molecule has 0 radical (unpaired) electrons. The maximum Gasteiger partial charge on any atom is 0.255 e. The molecule has 0 heterocycles. The average molecular weight is 254 g/mol. The molecule has 4 N–H and O–H groups in total. The van der Waals surface area contributed by atoms with Crippen molar-refractivity contribution in [1.82, 2.24) is 0 Å². The largest absolute Gasteiger partial charge is 0.399 e. The predicted molar refractivity (Wildman–Crippen MR) is 78.5 cm³/mol. The van der Waals surface area contributed by atoms with Gasteiger partial charge in [-0.25, -0.2) is 0 Å². The Morgan fingerprint density at radius 1 is 1.22 bits per heavy atom. The summed E-state index contributed by atoms with van der Waals surface area (Å²) >= 11 is 0. The lowest BCUT2D eigenvalue weighted by molar-refractivity contribution is -0.130. The monoisotopic (exact) mass is 254 g/mol. The van der Waals surface area contributed by atoms with Crippen LogP contribution in [-0.4, -0.2) is 16.6 Å². The molecule has 0 aliphatic heterocycles. The quantitative estimate of drug-likeness (QED) is 0.710. The van der Waals surface area contributed by atoms with Crippen LogP contribution in [0.4, 0.5) is 11.4 Å². The van der Waals surface area contributed by atoms with Crippen molar-refractivity contribution in [2.24, 2.45) is 0 Å². The second-order valence-corrected chi connectivity index (χ2v) is 3.64. The molecular formula is C14H26N2O2. The fourth-order valence-corrected chi connectivity index (χ4v) is 0.900. The molecular weight excluding hydrogens is 228 g/mol. The van der Waals surface area contributed by atoms with Gasteiger partial charge in [0.05, 0.1) is 0 Å². The first-order chi connectivity index (χ1) is 8.39. The van der Waals surface area contributed by atoms with Crippen LogP contribution >= 0.6 is 0 Å². The highest BCUT2D eigenvalue weighted by Gasteiger charge is 2.23. The van der Waals surface area contributed by atoms with Gasteiger partial charge in [0.1, 0.15) is 5.60 Å². The summed E-state index contributed by atoms with van der Waals surface area (Å²) in [6, 6.07) is 6.79. The number of nitrogens with two attached hydrogens (primary N) is 1. The molecule has 0 aromatic heterocycles. The first-order valence-corrected chi connectivity index (χ1v) is 6.29. The van der Waals surface area contributed by atoms with Crippen LogP contribution in [0.25, 0.3) is 0 Å².